The van der Waals surface area contributed by atoms with E-state index in [4.69, 9.17) is 10.7 Å². The average Bonchev–Trinajstić information content (AvgIpc) is 2.81. The third-order valence-electron chi connectivity index (χ3n) is 6.81. The molecule has 1 aromatic carbocycles. The van der Waals surface area contributed by atoms with Gasteiger partial charge in [0.2, 0.25) is 11.8 Å². The fourth-order valence-corrected chi connectivity index (χ4v) is 4.76. The lowest BCUT2D eigenvalue weighted by Crippen LogP contribution is -2.47. The number of nitrogens with zero attached hydrogens (tertiary/aromatic N) is 3. The monoisotopic (exact) mass is 420 g/mol. The Kier molecular flexibility index (Phi) is 6.66. The molecule has 2 aliphatic heterocycles. The van der Waals surface area contributed by atoms with Gasteiger partial charge in [-0.3, -0.25) is 19.5 Å². The topological polar surface area (TPSA) is 79.5 Å². The van der Waals surface area contributed by atoms with E-state index in [0.717, 1.165) is 49.3 Å². The van der Waals surface area contributed by atoms with E-state index in [0.29, 0.717) is 24.1 Å². The second-order valence-electron chi connectivity index (χ2n) is 8.89. The molecule has 0 aliphatic carbocycles. The summed E-state index contributed by atoms with van der Waals surface area (Å²) in [6, 6.07) is 11.9. The number of carbonyl (C=O) groups is 2. The molecule has 1 atom stereocenters. The van der Waals surface area contributed by atoms with E-state index in [1.54, 1.807) is 12.1 Å². The van der Waals surface area contributed by atoms with Crippen LogP contribution in [0.5, 0.6) is 0 Å². The van der Waals surface area contributed by atoms with Gasteiger partial charge in [-0.25, -0.2) is 0 Å². The van der Waals surface area contributed by atoms with Crippen LogP contribution < -0.4 is 5.73 Å². The molecule has 0 bridgehead atoms. The highest BCUT2D eigenvalue weighted by Crippen LogP contribution is 2.29. The van der Waals surface area contributed by atoms with Crippen LogP contribution in [-0.2, 0) is 4.79 Å². The van der Waals surface area contributed by atoms with E-state index in [2.05, 4.69) is 24.0 Å². The number of pyridine rings is 1. The van der Waals surface area contributed by atoms with Crippen molar-refractivity contribution in [2.75, 3.05) is 26.2 Å². The number of rotatable bonds is 5. The Morgan fingerprint density at radius 2 is 1.84 bits per heavy atom. The maximum atomic E-state index is 12.8. The van der Waals surface area contributed by atoms with E-state index < -0.39 is 5.91 Å². The smallest absolute Gasteiger partial charge is 0.248 e. The Bertz CT molecular complexity index is 919. The van der Waals surface area contributed by atoms with E-state index in [1.807, 2.05) is 23.2 Å². The summed E-state index contributed by atoms with van der Waals surface area (Å²) in [4.78, 5) is 33.3. The summed E-state index contributed by atoms with van der Waals surface area (Å²) >= 11 is 0. The highest BCUT2D eigenvalue weighted by atomic mass is 16.2. The highest BCUT2D eigenvalue weighted by Gasteiger charge is 2.27. The first-order chi connectivity index (χ1) is 15.0. The van der Waals surface area contributed by atoms with Crippen LogP contribution in [0.25, 0.3) is 11.1 Å². The summed E-state index contributed by atoms with van der Waals surface area (Å²) in [7, 11) is 0. The van der Waals surface area contributed by atoms with E-state index >= 15 is 0 Å². The third kappa shape index (κ3) is 5.13. The first-order valence-corrected chi connectivity index (χ1v) is 11.4. The molecule has 4 rings (SSSR count). The summed E-state index contributed by atoms with van der Waals surface area (Å²) in [5.41, 5.74) is 8.86. The van der Waals surface area contributed by atoms with E-state index in [-0.39, 0.29) is 5.91 Å². The number of hydrogen-bond donors (Lipinski definition) is 1. The summed E-state index contributed by atoms with van der Waals surface area (Å²) in [6.07, 6.45) is 7.44. The molecule has 0 unspecified atom stereocenters. The van der Waals surface area contributed by atoms with Crippen molar-refractivity contribution in [2.24, 2.45) is 5.73 Å². The molecule has 1 aromatic heterocycles. The maximum Gasteiger partial charge on any atom is 0.248 e. The summed E-state index contributed by atoms with van der Waals surface area (Å²) in [5.74, 6) is 0.219. The Labute approximate surface area is 184 Å². The molecule has 2 amide bonds. The van der Waals surface area contributed by atoms with Crippen molar-refractivity contribution in [3.63, 3.8) is 0 Å². The van der Waals surface area contributed by atoms with Crippen molar-refractivity contribution in [1.29, 1.82) is 0 Å². The number of amides is 2. The fraction of sp³-hybridized carbons (Fsp3) is 0.480. The van der Waals surface area contributed by atoms with Crippen LogP contribution in [0, 0.1) is 0 Å². The van der Waals surface area contributed by atoms with Gasteiger partial charge in [0.1, 0.15) is 0 Å². The molecular formula is C25H32N4O2. The molecule has 3 heterocycles. The standard InChI is InChI=1S/C25H32N4O2/c1-18-5-2-3-12-29(18)17-24(30)28-13-10-19(11-14-28)23-9-8-22(16-27-23)20-6-4-7-21(15-20)25(26)31/h4,6-9,15-16,18-19H,2-3,5,10-14,17H2,1H3,(H2,26,31)/t18-/m1/s1. The average molecular weight is 421 g/mol. The van der Waals surface area contributed by atoms with Crippen molar-refractivity contribution in [3.8, 4) is 11.1 Å². The van der Waals surface area contributed by atoms with Gasteiger partial charge in [-0.1, -0.05) is 24.6 Å². The summed E-state index contributed by atoms with van der Waals surface area (Å²) in [6.45, 7) is 5.44. The van der Waals surface area contributed by atoms with Crippen molar-refractivity contribution in [3.05, 3.63) is 53.9 Å². The van der Waals surface area contributed by atoms with Crippen molar-refractivity contribution in [1.82, 2.24) is 14.8 Å². The molecule has 0 saturated carbocycles. The van der Waals surface area contributed by atoms with Gasteiger partial charge in [0, 0.05) is 48.1 Å². The summed E-state index contributed by atoms with van der Waals surface area (Å²) in [5, 5.41) is 0. The minimum absolute atomic E-state index is 0.268. The molecule has 31 heavy (non-hydrogen) atoms. The van der Waals surface area contributed by atoms with Crippen LogP contribution in [0.3, 0.4) is 0 Å². The van der Waals surface area contributed by atoms with E-state index in [9.17, 15) is 9.59 Å². The molecule has 2 saturated heterocycles. The maximum absolute atomic E-state index is 12.8. The lowest BCUT2D eigenvalue weighted by atomic mass is 9.92. The first kappa shape index (κ1) is 21.5. The van der Waals surface area contributed by atoms with Gasteiger partial charge in [-0.05, 0) is 62.9 Å². The molecular weight excluding hydrogens is 388 g/mol. The number of benzene rings is 1. The van der Waals surface area contributed by atoms with Crippen LogP contribution >= 0.6 is 0 Å². The van der Waals surface area contributed by atoms with Gasteiger partial charge in [-0.2, -0.15) is 0 Å². The third-order valence-corrected chi connectivity index (χ3v) is 6.81. The number of hydrogen-bond acceptors (Lipinski definition) is 4. The number of piperidine rings is 2. The molecule has 2 aliphatic rings. The Morgan fingerprint density at radius 3 is 2.52 bits per heavy atom. The minimum atomic E-state index is -0.428. The SMILES string of the molecule is C[C@@H]1CCCCN1CC(=O)N1CCC(c2ccc(-c3cccc(C(N)=O)c3)cn2)CC1. The Morgan fingerprint density at radius 1 is 1.03 bits per heavy atom. The van der Waals surface area contributed by atoms with Crippen LogP contribution in [-0.4, -0.2) is 58.8 Å². The number of nitrogens with two attached hydrogens (primary N) is 1. The van der Waals surface area contributed by atoms with Gasteiger partial charge in [0.25, 0.3) is 0 Å². The van der Waals surface area contributed by atoms with Gasteiger partial charge in [0.05, 0.1) is 6.54 Å². The fourth-order valence-electron chi connectivity index (χ4n) is 4.76. The number of carbonyl (C=O) groups excluding carboxylic acids is 2. The quantitative estimate of drug-likeness (QED) is 0.804. The normalized spacial score (nSPS) is 20.5. The molecule has 6 heteroatoms. The Hall–Kier alpha value is -2.73. The molecule has 0 spiro atoms. The molecule has 2 aromatic rings. The first-order valence-electron chi connectivity index (χ1n) is 11.4. The lowest BCUT2D eigenvalue weighted by molar-refractivity contribution is -0.134. The van der Waals surface area contributed by atoms with Gasteiger partial charge >= 0.3 is 0 Å². The molecule has 6 nitrogen and oxygen atoms in total. The van der Waals surface area contributed by atoms with Gasteiger partial charge in [0.15, 0.2) is 0 Å². The zero-order chi connectivity index (χ0) is 21.8. The zero-order valence-electron chi connectivity index (χ0n) is 18.3. The Balaban J connectivity index is 1.33. The number of likely N-dealkylation sites (tertiary alicyclic amines) is 2. The van der Waals surface area contributed by atoms with Crippen LogP contribution in [0.1, 0.15) is 61.0 Å². The number of primary amides is 1. The lowest BCUT2D eigenvalue weighted by Gasteiger charge is -2.36. The second kappa shape index (κ2) is 9.60. The van der Waals surface area contributed by atoms with Crippen molar-refractivity contribution >= 4 is 11.8 Å². The summed E-state index contributed by atoms with van der Waals surface area (Å²) < 4.78 is 0. The largest absolute Gasteiger partial charge is 0.366 e. The van der Waals surface area contributed by atoms with E-state index in [1.165, 1.54) is 19.3 Å². The molecule has 0 radical (unpaired) electrons. The van der Waals surface area contributed by atoms with Crippen LogP contribution in [0.15, 0.2) is 42.6 Å². The van der Waals surface area contributed by atoms with Gasteiger partial charge in [-0.15, -0.1) is 0 Å². The molecule has 164 valence electrons. The van der Waals surface area contributed by atoms with Crippen molar-refractivity contribution in [2.45, 2.75) is 51.0 Å². The molecule has 2 N–H and O–H groups in total. The second-order valence-corrected chi connectivity index (χ2v) is 8.89. The zero-order valence-corrected chi connectivity index (χ0v) is 18.3. The van der Waals surface area contributed by atoms with Crippen LogP contribution in [0.4, 0.5) is 0 Å². The predicted octanol–water partition coefficient (Wildman–Crippen LogP) is 3.43. The minimum Gasteiger partial charge on any atom is -0.366 e. The number of aromatic nitrogens is 1. The highest BCUT2D eigenvalue weighted by molar-refractivity contribution is 5.94. The van der Waals surface area contributed by atoms with Crippen LogP contribution in [0.2, 0.25) is 0 Å². The predicted molar refractivity (Wildman–Crippen MR) is 122 cm³/mol. The van der Waals surface area contributed by atoms with Gasteiger partial charge < -0.3 is 10.6 Å². The molecule has 2 fully saturated rings. The van der Waals surface area contributed by atoms with Crippen molar-refractivity contribution < 1.29 is 9.59 Å².